The van der Waals surface area contributed by atoms with Crippen molar-refractivity contribution in [3.05, 3.63) is 66.2 Å². The quantitative estimate of drug-likeness (QED) is 0.408. The van der Waals surface area contributed by atoms with E-state index in [9.17, 15) is 9.18 Å². The smallest absolute Gasteiger partial charge is 0.231 e. The third kappa shape index (κ3) is 5.15. The minimum absolute atomic E-state index is 0.167. The highest BCUT2D eigenvalue weighted by Gasteiger charge is 2.18. The number of hydrogen-bond acceptors (Lipinski definition) is 6. The molecule has 0 spiro atoms. The zero-order valence-electron chi connectivity index (χ0n) is 18.6. The van der Waals surface area contributed by atoms with Gasteiger partial charge in [0, 0.05) is 31.0 Å². The summed E-state index contributed by atoms with van der Waals surface area (Å²) in [5.41, 5.74) is 9.97. The lowest BCUT2D eigenvalue weighted by Crippen LogP contribution is -2.30. The van der Waals surface area contributed by atoms with Crippen molar-refractivity contribution >= 4 is 17.5 Å². The molecule has 0 atom stereocenters. The van der Waals surface area contributed by atoms with Gasteiger partial charge in [-0.2, -0.15) is 0 Å². The number of carbonyl (C=O) groups excluding carboxylic acids is 1. The molecule has 1 amide bonds. The van der Waals surface area contributed by atoms with Crippen LogP contribution in [-0.4, -0.2) is 50.3 Å². The number of fused-ring (bicyclic) bond motifs is 1. The normalized spacial score (nSPS) is 11.3. The number of aromatic nitrogens is 4. The SMILES string of the molecule is CCCNc1nccc(-c2c(-c3ccc(F)cc3)nc3cc(CN(C)CC(N)=O)ccn23)n1. The van der Waals surface area contributed by atoms with Crippen LogP contribution in [0.5, 0.6) is 0 Å². The molecule has 8 nitrogen and oxygen atoms in total. The molecule has 4 rings (SSSR count). The van der Waals surface area contributed by atoms with Crippen molar-refractivity contribution in [2.75, 3.05) is 25.5 Å². The molecule has 0 fully saturated rings. The van der Waals surface area contributed by atoms with Crippen LogP contribution in [0, 0.1) is 5.82 Å². The van der Waals surface area contributed by atoms with Gasteiger partial charge in [-0.15, -0.1) is 0 Å². The number of rotatable bonds is 9. The zero-order valence-corrected chi connectivity index (χ0v) is 18.6. The van der Waals surface area contributed by atoms with E-state index < -0.39 is 0 Å². The number of nitrogens with one attached hydrogen (secondary N) is 1. The fourth-order valence-corrected chi connectivity index (χ4v) is 3.69. The Kier molecular flexibility index (Phi) is 6.60. The molecule has 170 valence electrons. The standard InChI is InChI=1S/C24H26FN7O/c1-3-10-27-24-28-11-8-19(29-24)23-22(17-4-6-18(25)7-5-17)30-21-13-16(9-12-32(21)23)14-31(2)15-20(26)33/h4-9,11-13H,3,10,14-15H2,1-2H3,(H2,26,33)(H,27,28,29). The predicted octanol–water partition coefficient (Wildman–Crippen LogP) is 3.34. The molecule has 0 radical (unpaired) electrons. The molecule has 0 saturated heterocycles. The average molecular weight is 448 g/mol. The van der Waals surface area contributed by atoms with Gasteiger partial charge in [-0.1, -0.05) is 6.92 Å². The number of imidazole rings is 1. The molecule has 0 aliphatic rings. The summed E-state index contributed by atoms with van der Waals surface area (Å²) in [6.07, 6.45) is 4.59. The molecule has 1 aromatic carbocycles. The van der Waals surface area contributed by atoms with Crippen LogP contribution in [0.3, 0.4) is 0 Å². The number of hydrogen-bond donors (Lipinski definition) is 2. The third-order valence-corrected chi connectivity index (χ3v) is 5.12. The molecule has 3 aromatic heterocycles. The number of primary amides is 1. The first kappa shape index (κ1) is 22.3. The lowest BCUT2D eigenvalue weighted by Gasteiger charge is -2.14. The molecule has 0 bridgehead atoms. The molecular weight excluding hydrogens is 421 g/mol. The van der Waals surface area contributed by atoms with Crippen LogP contribution in [0.4, 0.5) is 10.3 Å². The molecule has 0 saturated carbocycles. The highest BCUT2D eigenvalue weighted by Crippen LogP contribution is 2.32. The lowest BCUT2D eigenvalue weighted by molar-refractivity contribution is -0.118. The summed E-state index contributed by atoms with van der Waals surface area (Å²) in [4.78, 5) is 26.9. The molecule has 0 unspecified atom stereocenters. The van der Waals surface area contributed by atoms with E-state index in [2.05, 4.69) is 17.2 Å². The van der Waals surface area contributed by atoms with Gasteiger partial charge < -0.3 is 11.1 Å². The molecule has 3 heterocycles. The van der Waals surface area contributed by atoms with Crippen molar-refractivity contribution in [1.82, 2.24) is 24.3 Å². The minimum Gasteiger partial charge on any atom is -0.369 e. The Labute approximate surface area is 191 Å². The van der Waals surface area contributed by atoms with Crippen LogP contribution in [-0.2, 0) is 11.3 Å². The summed E-state index contributed by atoms with van der Waals surface area (Å²) in [5, 5.41) is 3.21. The van der Waals surface area contributed by atoms with Crippen molar-refractivity contribution in [1.29, 1.82) is 0 Å². The Balaban J connectivity index is 1.81. The Morgan fingerprint density at radius 1 is 1.18 bits per heavy atom. The summed E-state index contributed by atoms with van der Waals surface area (Å²) in [6, 6.07) is 12.0. The second-order valence-corrected chi connectivity index (χ2v) is 7.91. The van der Waals surface area contributed by atoms with Gasteiger partial charge >= 0.3 is 0 Å². The first-order valence-corrected chi connectivity index (χ1v) is 10.8. The molecule has 4 aromatic rings. The molecule has 9 heteroatoms. The Morgan fingerprint density at radius 3 is 2.70 bits per heavy atom. The first-order valence-electron chi connectivity index (χ1n) is 10.8. The monoisotopic (exact) mass is 447 g/mol. The maximum atomic E-state index is 13.6. The van der Waals surface area contributed by atoms with Gasteiger partial charge in [-0.05, 0) is 61.5 Å². The number of benzene rings is 1. The van der Waals surface area contributed by atoms with E-state index in [1.54, 1.807) is 18.3 Å². The Bertz CT molecular complexity index is 1270. The van der Waals surface area contributed by atoms with Crippen LogP contribution in [0.2, 0.25) is 0 Å². The lowest BCUT2D eigenvalue weighted by atomic mass is 10.1. The zero-order chi connectivity index (χ0) is 23.4. The van der Waals surface area contributed by atoms with Crippen LogP contribution < -0.4 is 11.1 Å². The molecule has 33 heavy (non-hydrogen) atoms. The first-order chi connectivity index (χ1) is 15.9. The fraction of sp³-hybridized carbons (Fsp3) is 0.250. The highest BCUT2D eigenvalue weighted by molar-refractivity contribution is 5.81. The molecule has 3 N–H and O–H groups in total. The van der Waals surface area contributed by atoms with Gasteiger partial charge in [0.1, 0.15) is 11.5 Å². The van der Waals surface area contributed by atoms with Crippen molar-refractivity contribution in [3.8, 4) is 22.6 Å². The number of pyridine rings is 1. The Morgan fingerprint density at radius 2 is 1.97 bits per heavy atom. The fourth-order valence-electron chi connectivity index (χ4n) is 3.69. The molecule has 0 aliphatic heterocycles. The van der Waals surface area contributed by atoms with Crippen LogP contribution in [0.15, 0.2) is 54.9 Å². The van der Waals surface area contributed by atoms with Gasteiger partial charge in [0.25, 0.3) is 0 Å². The van der Waals surface area contributed by atoms with E-state index in [0.29, 0.717) is 23.9 Å². The van der Waals surface area contributed by atoms with E-state index in [4.69, 9.17) is 15.7 Å². The number of anilines is 1. The van der Waals surface area contributed by atoms with Crippen molar-refractivity contribution < 1.29 is 9.18 Å². The van der Waals surface area contributed by atoms with E-state index in [-0.39, 0.29) is 18.3 Å². The maximum absolute atomic E-state index is 13.6. The van der Waals surface area contributed by atoms with Gasteiger partial charge in [0.2, 0.25) is 11.9 Å². The second-order valence-electron chi connectivity index (χ2n) is 7.91. The van der Waals surface area contributed by atoms with Gasteiger partial charge in [0.05, 0.1) is 23.6 Å². The largest absolute Gasteiger partial charge is 0.369 e. The highest BCUT2D eigenvalue weighted by atomic mass is 19.1. The minimum atomic E-state index is -0.378. The summed E-state index contributed by atoms with van der Waals surface area (Å²) in [5.74, 6) is -0.146. The topological polar surface area (TPSA) is 101 Å². The summed E-state index contributed by atoms with van der Waals surface area (Å²) >= 11 is 0. The van der Waals surface area contributed by atoms with E-state index in [1.807, 2.05) is 40.7 Å². The number of nitrogens with two attached hydrogens (primary N) is 1. The van der Waals surface area contributed by atoms with Crippen LogP contribution in [0.25, 0.3) is 28.3 Å². The second kappa shape index (κ2) is 9.74. The molecule has 0 aliphatic carbocycles. The number of halogens is 1. The van der Waals surface area contributed by atoms with Gasteiger partial charge in [-0.25, -0.2) is 19.3 Å². The maximum Gasteiger partial charge on any atom is 0.231 e. The van der Waals surface area contributed by atoms with Gasteiger partial charge in [-0.3, -0.25) is 14.1 Å². The predicted molar refractivity (Wildman–Crippen MR) is 126 cm³/mol. The van der Waals surface area contributed by atoms with Crippen molar-refractivity contribution in [2.24, 2.45) is 5.73 Å². The number of amides is 1. The summed E-state index contributed by atoms with van der Waals surface area (Å²) < 4.78 is 15.5. The average Bonchev–Trinajstić information content (AvgIpc) is 3.16. The van der Waals surface area contributed by atoms with E-state index >= 15 is 0 Å². The van der Waals surface area contributed by atoms with Gasteiger partial charge in [0.15, 0.2) is 0 Å². The van der Waals surface area contributed by atoms with E-state index in [0.717, 1.165) is 35.4 Å². The number of carbonyl (C=O) groups is 1. The number of likely N-dealkylation sites (N-methyl/N-ethyl adjacent to an activating group) is 1. The Hall–Kier alpha value is -3.85. The van der Waals surface area contributed by atoms with Crippen molar-refractivity contribution in [3.63, 3.8) is 0 Å². The van der Waals surface area contributed by atoms with Crippen molar-refractivity contribution in [2.45, 2.75) is 19.9 Å². The van der Waals surface area contributed by atoms with E-state index in [1.165, 1.54) is 12.1 Å². The number of nitrogens with zero attached hydrogens (tertiary/aromatic N) is 5. The summed E-state index contributed by atoms with van der Waals surface area (Å²) in [7, 11) is 1.83. The molecular formula is C24H26FN7O. The van der Waals surface area contributed by atoms with Crippen LogP contribution in [0.1, 0.15) is 18.9 Å². The third-order valence-electron chi connectivity index (χ3n) is 5.12. The van der Waals surface area contributed by atoms with Crippen LogP contribution >= 0.6 is 0 Å². The summed E-state index contributed by atoms with van der Waals surface area (Å²) in [6.45, 7) is 3.56.